The first-order chi connectivity index (χ1) is 6.86. The standard InChI is InChI=1S/C10H21NO3/c1-11-9(4-3-5-12-2)8-10-13-6-7-14-10/h9-11H,3-8H2,1-2H3. The van der Waals surface area contributed by atoms with Crippen molar-refractivity contribution in [1.82, 2.24) is 5.32 Å². The summed E-state index contributed by atoms with van der Waals surface area (Å²) in [5.74, 6) is 0. The third-order valence-corrected chi connectivity index (χ3v) is 2.48. The van der Waals surface area contributed by atoms with Crippen molar-refractivity contribution < 1.29 is 14.2 Å². The molecule has 0 radical (unpaired) electrons. The van der Waals surface area contributed by atoms with Crippen molar-refractivity contribution in [1.29, 1.82) is 0 Å². The first kappa shape index (κ1) is 11.9. The van der Waals surface area contributed by atoms with Crippen LogP contribution in [-0.4, -0.2) is 46.3 Å². The van der Waals surface area contributed by atoms with Gasteiger partial charge in [0, 0.05) is 26.2 Å². The molecule has 0 spiro atoms. The highest BCUT2D eigenvalue weighted by molar-refractivity contribution is 4.68. The fourth-order valence-corrected chi connectivity index (χ4v) is 1.63. The topological polar surface area (TPSA) is 39.7 Å². The van der Waals surface area contributed by atoms with Crippen LogP contribution in [0.3, 0.4) is 0 Å². The summed E-state index contributed by atoms with van der Waals surface area (Å²) in [6, 6.07) is 0.466. The number of hydrogen-bond acceptors (Lipinski definition) is 4. The molecule has 4 nitrogen and oxygen atoms in total. The van der Waals surface area contributed by atoms with Gasteiger partial charge in [0.2, 0.25) is 0 Å². The van der Waals surface area contributed by atoms with Gasteiger partial charge < -0.3 is 19.5 Å². The van der Waals surface area contributed by atoms with Crippen LogP contribution < -0.4 is 5.32 Å². The van der Waals surface area contributed by atoms with Gasteiger partial charge in [-0.3, -0.25) is 0 Å². The van der Waals surface area contributed by atoms with Crippen molar-refractivity contribution >= 4 is 0 Å². The van der Waals surface area contributed by atoms with Gasteiger partial charge in [-0.15, -0.1) is 0 Å². The Balaban J connectivity index is 2.10. The zero-order valence-corrected chi connectivity index (χ0v) is 9.12. The molecule has 0 aliphatic carbocycles. The largest absolute Gasteiger partial charge is 0.385 e. The Morgan fingerprint density at radius 2 is 2.14 bits per heavy atom. The minimum atomic E-state index is -0.00463. The Morgan fingerprint density at radius 1 is 1.43 bits per heavy atom. The molecular formula is C10H21NO3. The number of ether oxygens (including phenoxy) is 3. The summed E-state index contributed by atoms with van der Waals surface area (Å²) < 4.78 is 15.8. The Kier molecular flexibility index (Phi) is 6.10. The molecule has 14 heavy (non-hydrogen) atoms. The molecule has 1 saturated heterocycles. The molecule has 4 heteroatoms. The van der Waals surface area contributed by atoms with Crippen molar-refractivity contribution in [2.45, 2.75) is 31.6 Å². The van der Waals surface area contributed by atoms with Gasteiger partial charge in [-0.25, -0.2) is 0 Å². The van der Waals surface area contributed by atoms with Crippen LogP contribution in [-0.2, 0) is 14.2 Å². The van der Waals surface area contributed by atoms with Crippen molar-refractivity contribution in [3.63, 3.8) is 0 Å². The zero-order chi connectivity index (χ0) is 10.2. The van der Waals surface area contributed by atoms with Gasteiger partial charge in [0.25, 0.3) is 0 Å². The second-order valence-corrected chi connectivity index (χ2v) is 3.53. The highest BCUT2D eigenvalue weighted by Crippen LogP contribution is 2.13. The maximum atomic E-state index is 5.40. The maximum absolute atomic E-state index is 5.40. The molecular weight excluding hydrogens is 182 g/mol. The number of nitrogens with one attached hydrogen (secondary N) is 1. The summed E-state index contributed by atoms with van der Waals surface area (Å²) in [5, 5.41) is 3.27. The van der Waals surface area contributed by atoms with E-state index in [2.05, 4.69) is 5.32 Å². The van der Waals surface area contributed by atoms with Gasteiger partial charge in [-0.1, -0.05) is 0 Å². The lowest BCUT2D eigenvalue weighted by molar-refractivity contribution is -0.0530. The van der Waals surface area contributed by atoms with E-state index in [-0.39, 0.29) is 6.29 Å². The SMILES string of the molecule is CNC(CCCOC)CC1OCCO1. The lowest BCUT2D eigenvalue weighted by Gasteiger charge is -2.18. The van der Waals surface area contributed by atoms with E-state index < -0.39 is 0 Å². The summed E-state index contributed by atoms with van der Waals surface area (Å²) in [4.78, 5) is 0. The summed E-state index contributed by atoms with van der Waals surface area (Å²) in [6.45, 7) is 2.29. The van der Waals surface area contributed by atoms with Crippen molar-refractivity contribution in [3.8, 4) is 0 Å². The molecule has 0 aromatic heterocycles. The molecule has 1 aliphatic rings. The third-order valence-electron chi connectivity index (χ3n) is 2.48. The summed E-state index contributed by atoms with van der Waals surface area (Å²) in [7, 11) is 3.71. The molecule has 1 aliphatic heterocycles. The van der Waals surface area contributed by atoms with E-state index in [0.717, 1.165) is 39.1 Å². The van der Waals surface area contributed by atoms with Crippen LogP contribution >= 0.6 is 0 Å². The highest BCUT2D eigenvalue weighted by Gasteiger charge is 2.19. The Labute approximate surface area is 85.9 Å². The van der Waals surface area contributed by atoms with Crippen LogP contribution in [0.1, 0.15) is 19.3 Å². The second kappa shape index (κ2) is 7.17. The van der Waals surface area contributed by atoms with Crippen molar-refractivity contribution in [3.05, 3.63) is 0 Å². The van der Waals surface area contributed by atoms with E-state index in [1.165, 1.54) is 0 Å². The molecule has 0 bridgehead atoms. The van der Waals surface area contributed by atoms with Crippen LogP contribution in [0.4, 0.5) is 0 Å². The number of methoxy groups -OCH3 is 1. The molecule has 1 rings (SSSR count). The first-order valence-corrected chi connectivity index (χ1v) is 5.26. The Morgan fingerprint density at radius 3 is 2.71 bits per heavy atom. The molecule has 1 unspecified atom stereocenters. The minimum Gasteiger partial charge on any atom is -0.385 e. The summed E-state index contributed by atoms with van der Waals surface area (Å²) in [6.07, 6.45) is 3.11. The average Bonchev–Trinajstić information content (AvgIpc) is 2.69. The smallest absolute Gasteiger partial charge is 0.159 e. The summed E-state index contributed by atoms with van der Waals surface area (Å²) >= 11 is 0. The van der Waals surface area contributed by atoms with E-state index in [9.17, 15) is 0 Å². The Bertz CT molecular complexity index is 137. The maximum Gasteiger partial charge on any atom is 0.159 e. The normalized spacial score (nSPS) is 20.1. The fourth-order valence-electron chi connectivity index (χ4n) is 1.63. The van der Waals surface area contributed by atoms with Crippen LogP contribution in [0.15, 0.2) is 0 Å². The van der Waals surface area contributed by atoms with Crippen LogP contribution in [0, 0.1) is 0 Å². The van der Waals surface area contributed by atoms with Gasteiger partial charge in [0.1, 0.15) is 0 Å². The predicted octanol–water partition coefficient (Wildman–Crippen LogP) is 0.764. The second-order valence-electron chi connectivity index (χ2n) is 3.53. The molecule has 1 atom stereocenters. The van der Waals surface area contributed by atoms with E-state index in [1.54, 1.807) is 7.11 Å². The molecule has 0 aromatic carbocycles. The quantitative estimate of drug-likeness (QED) is 0.620. The third kappa shape index (κ3) is 4.37. The molecule has 0 saturated carbocycles. The molecule has 1 fully saturated rings. The molecule has 1 N–H and O–H groups in total. The molecule has 84 valence electrons. The zero-order valence-electron chi connectivity index (χ0n) is 9.12. The van der Waals surface area contributed by atoms with Crippen molar-refractivity contribution in [2.24, 2.45) is 0 Å². The van der Waals surface area contributed by atoms with Crippen LogP contribution in [0.25, 0.3) is 0 Å². The fraction of sp³-hybridized carbons (Fsp3) is 1.00. The van der Waals surface area contributed by atoms with Gasteiger partial charge >= 0.3 is 0 Å². The number of rotatable bonds is 7. The monoisotopic (exact) mass is 203 g/mol. The van der Waals surface area contributed by atoms with Gasteiger partial charge in [-0.05, 0) is 19.9 Å². The Hall–Kier alpha value is -0.160. The number of hydrogen-bond donors (Lipinski definition) is 1. The van der Waals surface area contributed by atoms with Crippen LogP contribution in [0.2, 0.25) is 0 Å². The highest BCUT2D eigenvalue weighted by atomic mass is 16.7. The molecule has 0 amide bonds. The predicted molar refractivity (Wildman–Crippen MR) is 54.3 cm³/mol. The van der Waals surface area contributed by atoms with Gasteiger partial charge in [0.15, 0.2) is 6.29 Å². The van der Waals surface area contributed by atoms with E-state index in [1.807, 2.05) is 7.05 Å². The lowest BCUT2D eigenvalue weighted by Crippen LogP contribution is -2.30. The first-order valence-electron chi connectivity index (χ1n) is 5.26. The van der Waals surface area contributed by atoms with E-state index >= 15 is 0 Å². The van der Waals surface area contributed by atoms with E-state index in [0.29, 0.717) is 6.04 Å². The van der Waals surface area contributed by atoms with E-state index in [4.69, 9.17) is 14.2 Å². The molecule has 1 heterocycles. The average molecular weight is 203 g/mol. The summed E-state index contributed by atoms with van der Waals surface area (Å²) in [5.41, 5.74) is 0. The van der Waals surface area contributed by atoms with Gasteiger partial charge in [-0.2, -0.15) is 0 Å². The van der Waals surface area contributed by atoms with Crippen LogP contribution in [0.5, 0.6) is 0 Å². The lowest BCUT2D eigenvalue weighted by atomic mass is 10.1. The van der Waals surface area contributed by atoms with Crippen molar-refractivity contribution in [2.75, 3.05) is 34.0 Å². The molecule has 0 aromatic rings. The minimum absolute atomic E-state index is 0.00463. The van der Waals surface area contributed by atoms with Gasteiger partial charge in [0.05, 0.1) is 13.2 Å².